The molecular weight excluding hydrogens is 202 g/mol. The predicted molar refractivity (Wildman–Crippen MR) is 66.4 cm³/mol. The molecule has 16 heavy (non-hydrogen) atoms. The van der Waals surface area contributed by atoms with Gasteiger partial charge >= 0.3 is 0 Å². The van der Waals surface area contributed by atoms with Crippen molar-refractivity contribution in [1.82, 2.24) is 4.90 Å². The van der Waals surface area contributed by atoms with Gasteiger partial charge in [0.2, 0.25) is 0 Å². The number of hydrogen-bond acceptors (Lipinski definition) is 3. The van der Waals surface area contributed by atoms with E-state index in [1.54, 1.807) is 0 Å². The second-order valence-corrected chi connectivity index (χ2v) is 5.16. The summed E-state index contributed by atoms with van der Waals surface area (Å²) in [6.45, 7) is 2.43. The maximum Gasteiger partial charge on any atom is 0.0580 e. The van der Waals surface area contributed by atoms with Crippen LogP contribution in [0.1, 0.15) is 44.9 Å². The molecule has 1 saturated carbocycles. The minimum atomic E-state index is -0.0753. The highest BCUT2D eigenvalue weighted by molar-refractivity contribution is 4.76. The zero-order chi connectivity index (χ0) is 11.8. The predicted octanol–water partition coefficient (Wildman–Crippen LogP) is 1.63. The second-order valence-electron chi connectivity index (χ2n) is 5.16. The lowest BCUT2D eigenvalue weighted by molar-refractivity contribution is 0.0511. The standard InChI is InChI=1S/C13H27NO2/c1-14(9-5-2-6-10-15)11-12-7-3-4-8-13(12)16/h12-13,15-16H,2-11H2,1H3. The SMILES string of the molecule is CN(CCCCCO)CC1CCCCC1O. The molecule has 0 spiro atoms. The van der Waals surface area contributed by atoms with E-state index in [0.29, 0.717) is 12.5 Å². The van der Waals surface area contributed by atoms with Gasteiger partial charge in [-0.25, -0.2) is 0 Å². The summed E-state index contributed by atoms with van der Waals surface area (Å²) in [4.78, 5) is 2.33. The molecule has 0 aromatic heterocycles. The number of nitrogens with zero attached hydrogens (tertiary/aromatic N) is 1. The van der Waals surface area contributed by atoms with E-state index in [4.69, 9.17) is 5.11 Å². The third kappa shape index (κ3) is 5.28. The zero-order valence-electron chi connectivity index (χ0n) is 10.6. The second kappa shape index (κ2) is 8.04. The van der Waals surface area contributed by atoms with Crippen molar-refractivity contribution in [1.29, 1.82) is 0 Å². The van der Waals surface area contributed by atoms with Crippen molar-refractivity contribution in [3.8, 4) is 0 Å². The number of rotatable bonds is 7. The summed E-state index contributed by atoms with van der Waals surface area (Å²) in [6.07, 6.45) is 7.74. The van der Waals surface area contributed by atoms with E-state index in [9.17, 15) is 5.11 Å². The van der Waals surface area contributed by atoms with E-state index < -0.39 is 0 Å². The molecule has 2 N–H and O–H groups in total. The highest BCUT2D eigenvalue weighted by atomic mass is 16.3. The third-order valence-electron chi connectivity index (χ3n) is 3.61. The third-order valence-corrected chi connectivity index (χ3v) is 3.61. The summed E-state index contributed by atoms with van der Waals surface area (Å²) in [6, 6.07) is 0. The first-order valence-corrected chi connectivity index (χ1v) is 6.71. The Labute approximate surface area is 99.5 Å². The summed E-state index contributed by atoms with van der Waals surface area (Å²) >= 11 is 0. The summed E-state index contributed by atoms with van der Waals surface area (Å²) in [5.41, 5.74) is 0. The van der Waals surface area contributed by atoms with Crippen LogP contribution in [0.25, 0.3) is 0 Å². The molecule has 0 amide bonds. The van der Waals surface area contributed by atoms with Crippen molar-refractivity contribution in [2.45, 2.75) is 51.0 Å². The average molecular weight is 229 g/mol. The summed E-state index contributed by atoms with van der Waals surface area (Å²) in [5.74, 6) is 0.483. The Balaban J connectivity index is 2.09. The van der Waals surface area contributed by atoms with Crippen molar-refractivity contribution in [3.63, 3.8) is 0 Å². The van der Waals surface area contributed by atoms with Crippen LogP contribution >= 0.6 is 0 Å². The molecule has 0 radical (unpaired) electrons. The van der Waals surface area contributed by atoms with E-state index in [-0.39, 0.29) is 6.10 Å². The van der Waals surface area contributed by atoms with Gasteiger partial charge in [0.05, 0.1) is 6.10 Å². The van der Waals surface area contributed by atoms with Gasteiger partial charge in [-0.05, 0) is 51.6 Å². The van der Waals surface area contributed by atoms with Crippen molar-refractivity contribution in [3.05, 3.63) is 0 Å². The van der Waals surface area contributed by atoms with Crippen LogP contribution in [0.2, 0.25) is 0 Å². The molecule has 1 fully saturated rings. The smallest absolute Gasteiger partial charge is 0.0580 e. The van der Waals surface area contributed by atoms with Gasteiger partial charge < -0.3 is 15.1 Å². The Morgan fingerprint density at radius 2 is 1.88 bits per heavy atom. The molecule has 3 heteroatoms. The van der Waals surface area contributed by atoms with E-state index >= 15 is 0 Å². The molecule has 2 unspecified atom stereocenters. The fourth-order valence-electron chi connectivity index (χ4n) is 2.56. The molecule has 0 bridgehead atoms. The zero-order valence-corrected chi connectivity index (χ0v) is 10.6. The molecule has 0 aliphatic heterocycles. The molecule has 0 saturated heterocycles. The Hall–Kier alpha value is -0.120. The number of aliphatic hydroxyl groups excluding tert-OH is 2. The molecular formula is C13H27NO2. The summed E-state index contributed by atoms with van der Waals surface area (Å²) < 4.78 is 0. The molecule has 96 valence electrons. The topological polar surface area (TPSA) is 43.7 Å². The molecule has 0 aromatic rings. The van der Waals surface area contributed by atoms with Crippen LogP contribution in [0, 0.1) is 5.92 Å². The molecule has 3 nitrogen and oxygen atoms in total. The number of aliphatic hydroxyl groups is 2. The lowest BCUT2D eigenvalue weighted by atomic mass is 9.86. The first-order chi connectivity index (χ1) is 7.74. The minimum absolute atomic E-state index is 0.0753. The van der Waals surface area contributed by atoms with Gasteiger partial charge in [-0.1, -0.05) is 12.8 Å². The van der Waals surface area contributed by atoms with Crippen LogP contribution in [0.15, 0.2) is 0 Å². The quantitative estimate of drug-likeness (QED) is 0.652. The molecule has 2 atom stereocenters. The Morgan fingerprint density at radius 1 is 1.12 bits per heavy atom. The first-order valence-electron chi connectivity index (χ1n) is 6.71. The Kier molecular flexibility index (Phi) is 7.01. The van der Waals surface area contributed by atoms with E-state index in [1.165, 1.54) is 19.3 Å². The normalized spacial score (nSPS) is 26.2. The molecule has 1 aliphatic rings. The van der Waals surface area contributed by atoms with Crippen LogP contribution in [-0.2, 0) is 0 Å². The van der Waals surface area contributed by atoms with Gasteiger partial charge in [0.15, 0.2) is 0 Å². The van der Waals surface area contributed by atoms with Crippen molar-refractivity contribution in [2.24, 2.45) is 5.92 Å². The van der Waals surface area contributed by atoms with E-state index in [1.807, 2.05) is 0 Å². The van der Waals surface area contributed by atoms with Gasteiger partial charge in [-0.3, -0.25) is 0 Å². The maximum atomic E-state index is 9.87. The Morgan fingerprint density at radius 3 is 2.56 bits per heavy atom. The highest BCUT2D eigenvalue weighted by Crippen LogP contribution is 2.24. The first kappa shape index (κ1) is 13.9. The highest BCUT2D eigenvalue weighted by Gasteiger charge is 2.23. The van der Waals surface area contributed by atoms with Gasteiger partial charge in [0.1, 0.15) is 0 Å². The van der Waals surface area contributed by atoms with Crippen LogP contribution in [0.4, 0.5) is 0 Å². The van der Waals surface area contributed by atoms with Crippen molar-refractivity contribution in [2.75, 3.05) is 26.7 Å². The lowest BCUT2D eigenvalue weighted by Crippen LogP contribution is -2.35. The fraction of sp³-hybridized carbons (Fsp3) is 1.00. The van der Waals surface area contributed by atoms with Crippen LogP contribution in [0.5, 0.6) is 0 Å². The number of hydrogen-bond donors (Lipinski definition) is 2. The molecule has 1 aliphatic carbocycles. The lowest BCUT2D eigenvalue weighted by Gasteiger charge is -2.31. The molecule has 1 rings (SSSR count). The van der Waals surface area contributed by atoms with Crippen LogP contribution in [-0.4, -0.2) is 48.0 Å². The number of unbranched alkanes of at least 4 members (excludes halogenated alkanes) is 2. The monoisotopic (exact) mass is 229 g/mol. The van der Waals surface area contributed by atoms with Crippen molar-refractivity contribution < 1.29 is 10.2 Å². The van der Waals surface area contributed by atoms with E-state index in [0.717, 1.165) is 38.8 Å². The summed E-state index contributed by atoms with van der Waals surface area (Å²) in [5, 5.41) is 18.5. The average Bonchev–Trinajstić information content (AvgIpc) is 2.28. The molecule has 0 heterocycles. The Bertz CT molecular complexity index is 175. The van der Waals surface area contributed by atoms with Gasteiger partial charge in [0.25, 0.3) is 0 Å². The molecule has 0 aromatic carbocycles. The van der Waals surface area contributed by atoms with Gasteiger partial charge in [0, 0.05) is 13.2 Å². The minimum Gasteiger partial charge on any atom is -0.396 e. The van der Waals surface area contributed by atoms with Crippen molar-refractivity contribution >= 4 is 0 Å². The van der Waals surface area contributed by atoms with E-state index in [2.05, 4.69) is 11.9 Å². The maximum absolute atomic E-state index is 9.87. The van der Waals surface area contributed by atoms with Crippen LogP contribution in [0.3, 0.4) is 0 Å². The van der Waals surface area contributed by atoms with Crippen LogP contribution < -0.4 is 0 Å². The summed E-state index contributed by atoms with van der Waals surface area (Å²) in [7, 11) is 2.14. The largest absolute Gasteiger partial charge is 0.396 e. The fourth-order valence-corrected chi connectivity index (χ4v) is 2.56. The van der Waals surface area contributed by atoms with Gasteiger partial charge in [-0.15, -0.1) is 0 Å². The van der Waals surface area contributed by atoms with Gasteiger partial charge in [-0.2, -0.15) is 0 Å².